The second-order valence-corrected chi connectivity index (χ2v) is 12.6. The first-order valence-electron chi connectivity index (χ1n) is 11.3. The summed E-state index contributed by atoms with van der Waals surface area (Å²) >= 11 is 0. The molecule has 3 aromatic carbocycles. The Morgan fingerprint density at radius 3 is 1.20 bits per heavy atom. The summed E-state index contributed by atoms with van der Waals surface area (Å²) in [6.45, 7) is 0. The molecule has 2 heterocycles. The van der Waals surface area contributed by atoms with E-state index in [-0.39, 0.29) is 17.8 Å². The van der Waals surface area contributed by atoms with Crippen molar-refractivity contribution in [2.45, 2.75) is 35.9 Å². The molecule has 0 saturated carbocycles. The zero-order valence-electron chi connectivity index (χ0n) is 19.8. The number of benzene rings is 3. The van der Waals surface area contributed by atoms with Crippen LogP contribution in [-0.2, 0) is 20.2 Å². The van der Waals surface area contributed by atoms with Crippen LogP contribution in [0.15, 0.2) is 78.9 Å². The predicted octanol–water partition coefficient (Wildman–Crippen LogP) is 7.25. The quantitative estimate of drug-likeness (QED) is 0.184. The summed E-state index contributed by atoms with van der Waals surface area (Å²) in [6.07, 6.45) is -25.8. The standard InChI is InChI=1S/C24H15F12N2O2P/c25-21(26,27)19(22(28,29)30)15-10-4-6-12-17(15)41(39-19,38-37-14-8-2-1-3-9-14)18-13-7-5-11-16(18)20(40-41,23(31,32)33)24(34,35)36/h1-13,37-38H. The first-order valence-corrected chi connectivity index (χ1v) is 13.3. The van der Waals surface area contributed by atoms with Crippen LogP contribution in [0.5, 0.6) is 0 Å². The summed E-state index contributed by atoms with van der Waals surface area (Å²) in [5.41, 5.74) is -12.4. The number of fused-ring (bicyclic) bond motifs is 4. The number of hydrogen-bond donors (Lipinski definition) is 2. The van der Waals surface area contributed by atoms with Crippen molar-refractivity contribution in [2.75, 3.05) is 5.43 Å². The third-order valence-corrected chi connectivity index (χ3v) is 11.1. The second-order valence-electron chi connectivity index (χ2n) is 9.13. The van der Waals surface area contributed by atoms with Gasteiger partial charge in [-0.1, -0.05) is 0 Å². The van der Waals surface area contributed by atoms with Crippen molar-refractivity contribution in [3.63, 3.8) is 0 Å². The Kier molecular flexibility index (Phi) is 6.09. The molecule has 0 atom stereocenters. The molecule has 0 aliphatic carbocycles. The number of hydrogen-bond acceptors (Lipinski definition) is 4. The number of anilines is 1. The van der Waals surface area contributed by atoms with E-state index in [1.165, 1.54) is 30.3 Å². The Bertz CT molecular complexity index is 1370. The topological polar surface area (TPSA) is 42.5 Å². The van der Waals surface area contributed by atoms with Gasteiger partial charge in [0.2, 0.25) is 0 Å². The summed E-state index contributed by atoms with van der Waals surface area (Å²) in [6, 6.07) is 11.2. The third kappa shape index (κ3) is 3.60. The molecule has 0 radical (unpaired) electrons. The van der Waals surface area contributed by atoms with E-state index in [2.05, 4.69) is 5.43 Å². The summed E-state index contributed by atoms with van der Waals surface area (Å²) in [4.78, 5) is 0. The normalized spacial score (nSPS) is 21.5. The Balaban J connectivity index is 1.98. The molecule has 0 amide bonds. The fourth-order valence-corrected chi connectivity index (χ4v) is 10.3. The molecule has 0 unspecified atom stereocenters. The fraction of sp³-hybridized carbons (Fsp3) is 0.250. The first kappa shape index (κ1) is 29.4. The predicted molar refractivity (Wildman–Crippen MR) is 122 cm³/mol. The van der Waals surface area contributed by atoms with Crippen molar-refractivity contribution in [1.82, 2.24) is 5.20 Å². The van der Waals surface area contributed by atoms with Gasteiger partial charge in [-0.25, -0.2) is 0 Å². The minimum absolute atomic E-state index is 0.165. The van der Waals surface area contributed by atoms with Crippen molar-refractivity contribution in [1.29, 1.82) is 0 Å². The van der Waals surface area contributed by atoms with Gasteiger partial charge in [-0.3, -0.25) is 0 Å². The molecule has 222 valence electrons. The molecule has 1 spiro atoms. The van der Waals surface area contributed by atoms with Crippen LogP contribution in [-0.4, -0.2) is 24.7 Å². The van der Waals surface area contributed by atoms with E-state index in [0.717, 1.165) is 12.1 Å². The van der Waals surface area contributed by atoms with Gasteiger partial charge < -0.3 is 0 Å². The van der Waals surface area contributed by atoms with Gasteiger partial charge in [-0.05, 0) is 0 Å². The van der Waals surface area contributed by atoms with E-state index < -0.39 is 64.9 Å². The Morgan fingerprint density at radius 1 is 0.488 bits per heavy atom. The van der Waals surface area contributed by atoms with Crippen LogP contribution in [0.25, 0.3) is 0 Å². The monoisotopic (exact) mass is 622 g/mol. The summed E-state index contributed by atoms with van der Waals surface area (Å²) in [5, 5.41) is -0.707. The molecule has 5 rings (SSSR count). The summed E-state index contributed by atoms with van der Waals surface area (Å²) in [5.74, 6) is 0. The maximum absolute atomic E-state index is 14.6. The molecular weight excluding hydrogens is 607 g/mol. The molecule has 0 fully saturated rings. The molecule has 2 aliphatic rings. The number of nitrogens with one attached hydrogen (secondary N) is 2. The average Bonchev–Trinajstić information content (AvgIpc) is 3.32. The summed E-state index contributed by atoms with van der Waals surface area (Å²) in [7, 11) is -7.03. The summed E-state index contributed by atoms with van der Waals surface area (Å²) < 4.78 is 185. The average molecular weight is 622 g/mol. The van der Waals surface area contributed by atoms with Gasteiger partial charge in [0.05, 0.1) is 0 Å². The van der Waals surface area contributed by atoms with E-state index in [1.807, 2.05) is 5.20 Å². The van der Waals surface area contributed by atoms with E-state index in [0.29, 0.717) is 24.3 Å². The van der Waals surface area contributed by atoms with Crippen LogP contribution in [0.2, 0.25) is 0 Å². The second kappa shape index (κ2) is 8.49. The van der Waals surface area contributed by atoms with Crippen molar-refractivity contribution in [3.05, 3.63) is 90.0 Å². The van der Waals surface area contributed by atoms with Gasteiger partial charge in [-0.2, -0.15) is 0 Å². The molecule has 0 bridgehead atoms. The van der Waals surface area contributed by atoms with E-state index in [9.17, 15) is 52.7 Å². The SMILES string of the molecule is FC(F)(F)C1(C(F)(F)F)OP2(NNc3ccccc3)(OC(C(F)(F)F)(C(F)(F)F)c3ccccc32)c2ccccc21. The van der Waals surface area contributed by atoms with Crippen molar-refractivity contribution in [3.8, 4) is 0 Å². The van der Waals surface area contributed by atoms with Gasteiger partial charge in [-0.15, -0.1) is 0 Å². The molecular formula is C24H15F12N2O2P. The first-order chi connectivity index (χ1) is 18.8. The fourth-order valence-electron chi connectivity index (χ4n) is 5.21. The van der Waals surface area contributed by atoms with Gasteiger partial charge in [0.1, 0.15) is 0 Å². The maximum atomic E-state index is 14.6. The van der Waals surface area contributed by atoms with E-state index in [4.69, 9.17) is 9.05 Å². The van der Waals surface area contributed by atoms with Crippen molar-refractivity contribution < 1.29 is 61.7 Å². The van der Waals surface area contributed by atoms with Crippen LogP contribution >= 0.6 is 7.21 Å². The van der Waals surface area contributed by atoms with Gasteiger partial charge in [0.25, 0.3) is 0 Å². The van der Waals surface area contributed by atoms with Crippen LogP contribution in [0.4, 0.5) is 58.4 Å². The molecule has 4 nitrogen and oxygen atoms in total. The van der Waals surface area contributed by atoms with Crippen LogP contribution in [0, 0.1) is 0 Å². The molecule has 0 aromatic heterocycles. The minimum atomic E-state index is -7.03. The Labute approximate surface area is 222 Å². The number of rotatable bonds is 3. The number of hydrazine groups is 1. The third-order valence-electron chi connectivity index (χ3n) is 6.84. The zero-order chi connectivity index (χ0) is 30.4. The zero-order valence-corrected chi connectivity index (χ0v) is 20.7. The van der Waals surface area contributed by atoms with Gasteiger partial charge in [0, 0.05) is 0 Å². The van der Waals surface area contributed by atoms with Gasteiger partial charge in [0.15, 0.2) is 0 Å². The van der Waals surface area contributed by atoms with Crippen molar-refractivity contribution >= 4 is 23.5 Å². The van der Waals surface area contributed by atoms with Crippen LogP contribution in [0.3, 0.4) is 0 Å². The Hall–Kier alpha value is -3.07. The molecule has 2 N–H and O–H groups in total. The molecule has 41 heavy (non-hydrogen) atoms. The van der Waals surface area contributed by atoms with Gasteiger partial charge >= 0.3 is 222 Å². The van der Waals surface area contributed by atoms with Crippen LogP contribution in [0.1, 0.15) is 11.1 Å². The molecule has 2 aliphatic heterocycles. The molecule has 0 saturated heterocycles. The number of halogens is 12. The number of alkyl halides is 12. The van der Waals surface area contributed by atoms with Crippen molar-refractivity contribution in [2.24, 2.45) is 0 Å². The van der Waals surface area contributed by atoms with Crippen LogP contribution < -0.4 is 21.2 Å². The molecule has 3 aromatic rings. The Morgan fingerprint density at radius 2 is 0.829 bits per heavy atom. The van der Waals surface area contributed by atoms with E-state index >= 15 is 0 Å². The van der Waals surface area contributed by atoms with E-state index in [1.54, 1.807) is 0 Å². The molecule has 17 heteroatoms. The number of para-hydroxylation sites is 1.